The molecule has 9 heteroatoms. The number of ether oxygens (including phenoxy) is 2. The summed E-state index contributed by atoms with van der Waals surface area (Å²) in [5.74, 6) is -0.218. The summed E-state index contributed by atoms with van der Waals surface area (Å²) >= 11 is 0. The molecule has 3 rings (SSSR count). The van der Waals surface area contributed by atoms with Gasteiger partial charge in [-0.05, 0) is 44.2 Å². The van der Waals surface area contributed by atoms with E-state index in [1.54, 1.807) is 32.0 Å². The molecule has 2 N–H and O–H groups in total. The normalized spacial score (nSPS) is 15.2. The number of nitrogens with zero attached hydrogens (tertiary/aromatic N) is 1. The average molecular weight is 371 g/mol. The third kappa shape index (κ3) is 3.81. The minimum atomic E-state index is -0.602. The van der Waals surface area contributed by atoms with E-state index >= 15 is 0 Å². The number of hydrogen-bond donors (Lipinski definition) is 2. The molecule has 2 aromatic rings. The first-order chi connectivity index (χ1) is 12.9. The second kappa shape index (κ2) is 7.32. The van der Waals surface area contributed by atoms with Gasteiger partial charge in [-0.2, -0.15) is 0 Å². The molecule has 140 valence electrons. The molecule has 1 atom stereocenters. The predicted molar refractivity (Wildman–Crippen MR) is 97.4 cm³/mol. The van der Waals surface area contributed by atoms with Crippen LogP contribution in [-0.4, -0.2) is 29.4 Å². The summed E-state index contributed by atoms with van der Waals surface area (Å²) in [6, 6.07) is 8.79. The van der Waals surface area contributed by atoms with E-state index in [4.69, 9.17) is 9.47 Å². The zero-order valence-corrected chi connectivity index (χ0v) is 14.6. The van der Waals surface area contributed by atoms with Crippen molar-refractivity contribution >= 4 is 28.9 Å². The van der Waals surface area contributed by atoms with Crippen molar-refractivity contribution in [3.8, 4) is 11.5 Å². The molecule has 0 bridgehead atoms. The monoisotopic (exact) mass is 371 g/mol. The van der Waals surface area contributed by atoms with E-state index in [9.17, 15) is 19.7 Å². The highest BCUT2D eigenvalue weighted by atomic mass is 16.6. The first-order valence-electron chi connectivity index (χ1n) is 8.23. The molecule has 9 nitrogen and oxygen atoms in total. The van der Waals surface area contributed by atoms with Gasteiger partial charge in [0.15, 0.2) is 11.9 Å². The van der Waals surface area contributed by atoms with Crippen molar-refractivity contribution in [2.24, 2.45) is 0 Å². The number of carbonyl (C=O) groups is 2. The molecule has 1 unspecified atom stereocenters. The lowest BCUT2D eigenvalue weighted by atomic mass is 10.1. The zero-order valence-electron chi connectivity index (χ0n) is 14.6. The summed E-state index contributed by atoms with van der Waals surface area (Å²) in [6.45, 7) is 3.62. The van der Waals surface area contributed by atoms with Gasteiger partial charge in [0.25, 0.3) is 11.8 Å². The first-order valence-corrected chi connectivity index (χ1v) is 8.23. The lowest BCUT2D eigenvalue weighted by molar-refractivity contribution is -0.385. The third-order valence-electron chi connectivity index (χ3n) is 3.89. The maximum atomic E-state index is 12.4. The van der Waals surface area contributed by atoms with Gasteiger partial charge in [-0.25, -0.2) is 0 Å². The first kappa shape index (κ1) is 18.2. The van der Waals surface area contributed by atoms with Crippen molar-refractivity contribution < 1.29 is 24.0 Å². The molecule has 0 saturated heterocycles. The van der Waals surface area contributed by atoms with Crippen molar-refractivity contribution in [1.82, 2.24) is 0 Å². The molecule has 0 aliphatic carbocycles. The van der Waals surface area contributed by atoms with Gasteiger partial charge in [0.05, 0.1) is 17.2 Å². The standard InChI is InChI=1S/C18H17N3O6/c1-3-26-16-6-4-11(8-14(16)21(24)25)18(23)19-12-5-7-15-13(9-12)20-17(22)10(2)27-15/h4-10H,3H2,1-2H3,(H,19,23)(H,20,22). The summed E-state index contributed by atoms with van der Waals surface area (Å²) in [6.07, 6.45) is -0.595. The Morgan fingerprint density at radius 1 is 1.33 bits per heavy atom. The maximum absolute atomic E-state index is 12.4. The van der Waals surface area contributed by atoms with E-state index in [2.05, 4.69) is 10.6 Å². The van der Waals surface area contributed by atoms with Gasteiger partial charge in [-0.1, -0.05) is 0 Å². The number of anilines is 2. The maximum Gasteiger partial charge on any atom is 0.311 e. The lowest BCUT2D eigenvalue weighted by Gasteiger charge is -2.23. The van der Waals surface area contributed by atoms with Crippen LogP contribution in [0, 0.1) is 10.1 Å². The van der Waals surface area contributed by atoms with Gasteiger partial charge in [-0.3, -0.25) is 19.7 Å². The number of rotatable bonds is 5. The van der Waals surface area contributed by atoms with Gasteiger partial charge < -0.3 is 20.1 Å². The molecular formula is C18H17N3O6. The summed E-state index contributed by atoms with van der Waals surface area (Å²) < 4.78 is 10.7. The zero-order chi connectivity index (χ0) is 19.6. The molecule has 2 amide bonds. The highest BCUT2D eigenvalue weighted by Crippen LogP contribution is 2.33. The van der Waals surface area contributed by atoms with Crippen molar-refractivity contribution in [3.63, 3.8) is 0 Å². The van der Waals surface area contributed by atoms with E-state index in [0.717, 1.165) is 6.07 Å². The number of hydrogen-bond acceptors (Lipinski definition) is 6. The smallest absolute Gasteiger partial charge is 0.311 e. The fourth-order valence-electron chi connectivity index (χ4n) is 2.57. The molecule has 27 heavy (non-hydrogen) atoms. The predicted octanol–water partition coefficient (Wildman–Crippen LogP) is 2.97. The number of amides is 2. The number of nitro groups is 1. The van der Waals surface area contributed by atoms with E-state index in [0.29, 0.717) is 17.1 Å². The van der Waals surface area contributed by atoms with E-state index in [1.807, 2.05) is 0 Å². The number of nitrogens with one attached hydrogen (secondary N) is 2. The van der Waals surface area contributed by atoms with Gasteiger partial charge >= 0.3 is 5.69 Å². The third-order valence-corrected chi connectivity index (χ3v) is 3.89. The summed E-state index contributed by atoms with van der Waals surface area (Å²) in [5, 5.41) is 16.5. The van der Waals surface area contributed by atoms with E-state index in [-0.39, 0.29) is 29.5 Å². The van der Waals surface area contributed by atoms with Crippen LogP contribution in [0.3, 0.4) is 0 Å². The Hall–Kier alpha value is -3.62. The van der Waals surface area contributed by atoms with Gasteiger partial charge in [0, 0.05) is 17.3 Å². The SMILES string of the molecule is CCOc1ccc(C(=O)Nc2ccc3c(c2)NC(=O)C(C)O3)cc1[N+](=O)[O-]. The van der Waals surface area contributed by atoms with Gasteiger partial charge in [0.2, 0.25) is 0 Å². The Kier molecular flexibility index (Phi) is 4.93. The average Bonchev–Trinajstić information content (AvgIpc) is 2.63. The largest absolute Gasteiger partial charge is 0.487 e. The molecule has 0 aromatic heterocycles. The van der Waals surface area contributed by atoms with Crippen LogP contribution in [0.4, 0.5) is 17.1 Å². The Morgan fingerprint density at radius 3 is 2.81 bits per heavy atom. The quantitative estimate of drug-likeness (QED) is 0.616. The van der Waals surface area contributed by atoms with Crippen molar-refractivity contribution in [3.05, 3.63) is 52.1 Å². The van der Waals surface area contributed by atoms with E-state index < -0.39 is 16.9 Å². The number of nitro benzene ring substituents is 1. The van der Waals surface area contributed by atoms with Crippen LogP contribution in [-0.2, 0) is 4.79 Å². The Balaban J connectivity index is 1.82. The molecular weight excluding hydrogens is 354 g/mol. The van der Waals surface area contributed by atoms with Gasteiger partial charge in [0.1, 0.15) is 5.75 Å². The molecule has 0 spiro atoms. The molecule has 2 aromatic carbocycles. The summed E-state index contributed by atoms with van der Waals surface area (Å²) in [4.78, 5) is 34.7. The Bertz CT molecular complexity index is 927. The topological polar surface area (TPSA) is 120 Å². The van der Waals surface area contributed by atoms with Crippen molar-refractivity contribution in [2.45, 2.75) is 20.0 Å². The number of fused-ring (bicyclic) bond motifs is 1. The van der Waals surface area contributed by atoms with Crippen LogP contribution in [0.15, 0.2) is 36.4 Å². The Morgan fingerprint density at radius 2 is 2.11 bits per heavy atom. The van der Waals surface area contributed by atoms with Gasteiger partial charge in [-0.15, -0.1) is 0 Å². The highest BCUT2D eigenvalue weighted by molar-refractivity contribution is 6.05. The van der Waals surface area contributed by atoms with Crippen LogP contribution in [0.1, 0.15) is 24.2 Å². The number of benzene rings is 2. The fourth-order valence-corrected chi connectivity index (χ4v) is 2.57. The molecule has 0 radical (unpaired) electrons. The van der Waals surface area contributed by atoms with Crippen LogP contribution < -0.4 is 20.1 Å². The second-order valence-electron chi connectivity index (χ2n) is 5.79. The van der Waals surface area contributed by atoms with E-state index in [1.165, 1.54) is 12.1 Å². The van der Waals surface area contributed by atoms with Crippen LogP contribution in [0.2, 0.25) is 0 Å². The number of carbonyl (C=O) groups excluding carboxylic acids is 2. The highest BCUT2D eigenvalue weighted by Gasteiger charge is 2.24. The fraction of sp³-hybridized carbons (Fsp3) is 0.222. The molecule has 1 aliphatic heterocycles. The lowest BCUT2D eigenvalue weighted by Crippen LogP contribution is -2.34. The molecule has 0 saturated carbocycles. The molecule has 0 fully saturated rings. The van der Waals surface area contributed by atoms with Crippen molar-refractivity contribution in [1.29, 1.82) is 0 Å². The second-order valence-corrected chi connectivity index (χ2v) is 5.79. The van der Waals surface area contributed by atoms with Crippen molar-refractivity contribution in [2.75, 3.05) is 17.2 Å². The van der Waals surface area contributed by atoms with Crippen LogP contribution in [0.25, 0.3) is 0 Å². The minimum absolute atomic E-state index is 0.0989. The Labute approximate surface area is 154 Å². The van der Waals surface area contributed by atoms with Crippen LogP contribution in [0.5, 0.6) is 11.5 Å². The molecule has 1 heterocycles. The minimum Gasteiger partial charge on any atom is -0.487 e. The molecule has 1 aliphatic rings. The van der Waals surface area contributed by atoms with Crippen LogP contribution >= 0.6 is 0 Å². The summed E-state index contributed by atoms with van der Waals surface area (Å²) in [5.41, 5.74) is 0.670. The summed E-state index contributed by atoms with van der Waals surface area (Å²) in [7, 11) is 0.